The lowest BCUT2D eigenvalue weighted by Gasteiger charge is -2.33. The highest BCUT2D eigenvalue weighted by Crippen LogP contribution is 2.39. The van der Waals surface area contributed by atoms with Crippen molar-refractivity contribution in [2.24, 2.45) is 9.98 Å². The molecule has 1 aliphatic rings. The van der Waals surface area contributed by atoms with Crippen LogP contribution in [0.1, 0.15) is 111 Å². The minimum atomic E-state index is -3.66. The number of nitrogens with one attached hydrogen (secondary N) is 3. The van der Waals surface area contributed by atoms with Gasteiger partial charge < -0.3 is 25.2 Å². The lowest BCUT2D eigenvalue weighted by atomic mass is 9.86. The van der Waals surface area contributed by atoms with Crippen LogP contribution in [0.2, 0.25) is 0 Å². The van der Waals surface area contributed by atoms with Crippen LogP contribution in [0.25, 0.3) is 0 Å². The lowest BCUT2D eigenvalue weighted by Crippen LogP contribution is -2.47. The van der Waals surface area contributed by atoms with Crippen molar-refractivity contribution in [1.29, 1.82) is 0 Å². The minimum Gasteiger partial charge on any atom is -0.489 e. The fourth-order valence-corrected chi connectivity index (χ4v) is 8.89. The summed E-state index contributed by atoms with van der Waals surface area (Å²) in [6, 6.07) is 14.4. The second-order valence-corrected chi connectivity index (χ2v) is 19.0. The fraction of sp³-hybridized carbons (Fsp3) is 0.426. The Morgan fingerprint density at radius 1 is 1.03 bits per heavy atom. The summed E-state index contributed by atoms with van der Waals surface area (Å²) in [4.78, 5) is 74.6. The van der Waals surface area contributed by atoms with E-state index in [0.717, 1.165) is 24.0 Å². The third-order valence-electron chi connectivity index (χ3n) is 10.9. The molecular formula is C47H60ClN7O8S. The van der Waals surface area contributed by atoms with Crippen LogP contribution in [0.3, 0.4) is 0 Å². The van der Waals surface area contributed by atoms with Crippen LogP contribution in [0, 0.1) is 6.92 Å². The molecule has 0 aliphatic carbocycles. The highest BCUT2D eigenvalue weighted by atomic mass is 35.5. The third-order valence-corrected chi connectivity index (χ3v) is 13.4. The van der Waals surface area contributed by atoms with Crippen molar-refractivity contribution in [3.63, 3.8) is 0 Å². The molecule has 0 bridgehead atoms. The Bertz CT molecular complexity index is 2360. The Kier molecular flexibility index (Phi) is 18.8. The number of rotatable bonds is 21. The summed E-state index contributed by atoms with van der Waals surface area (Å²) in [5, 5.41) is 7.90. The number of carbonyl (C=O) groups is 5. The first-order valence-electron chi connectivity index (χ1n) is 21.4. The second kappa shape index (κ2) is 23.7. The maximum atomic E-state index is 13.7. The van der Waals surface area contributed by atoms with Gasteiger partial charge in [-0.1, -0.05) is 49.2 Å². The highest BCUT2D eigenvalue weighted by molar-refractivity contribution is 7.92. The van der Waals surface area contributed by atoms with E-state index in [0.29, 0.717) is 68.0 Å². The van der Waals surface area contributed by atoms with Gasteiger partial charge in [0.05, 0.1) is 27.5 Å². The maximum absolute atomic E-state index is 13.7. The molecule has 0 saturated carbocycles. The SMILES string of the molecule is C=N/C=C(Cl)\C(=N/c1cc(C)c(C2CCN(C(=O)CCCNc3cccc(C=O)c3C(=O)N(C)C(CCC)C(=O)NC=O)CC2)cc1OC(C)C)Nc1ccccc1S(=O)(=O)C(C)C. The summed E-state index contributed by atoms with van der Waals surface area (Å²) in [6.07, 6.45) is 5.05. The van der Waals surface area contributed by atoms with Gasteiger partial charge in [-0.25, -0.2) is 13.4 Å². The second-order valence-electron chi connectivity index (χ2n) is 16.1. The molecule has 1 saturated heterocycles. The number of imide groups is 1. The molecule has 1 atom stereocenters. The van der Waals surface area contributed by atoms with Gasteiger partial charge in [-0.15, -0.1) is 0 Å². The van der Waals surface area contributed by atoms with E-state index in [2.05, 4.69) is 27.7 Å². The standard InChI is InChI=1S/C47H60ClN7O8S/c1-9-14-40(46(59)51-29-57)54(8)47(60)44-34(28-56)15-12-17-38(44)50-22-13-19-43(58)55-23-20-33(21-24-55)35-26-41(63-30(2)3)39(25-32(35)6)53-45(36(48)27-49-7)52-37-16-10-11-18-42(37)64(61,62)31(4)5/h10-12,15-18,25-31,33,40,50H,7,9,13-14,19-24H2,1-6,8H3,(H,52,53)(H,51,57,59)/b36-27+. The Morgan fingerprint density at radius 2 is 1.72 bits per heavy atom. The number of aliphatic imine (C=N–C) groups is 2. The van der Waals surface area contributed by atoms with Crippen LogP contribution in [-0.4, -0.2) is 105 Å². The van der Waals surface area contributed by atoms with Gasteiger partial charge in [-0.3, -0.25) is 34.3 Å². The van der Waals surface area contributed by atoms with Gasteiger partial charge >= 0.3 is 0 Å². The van der Waals surface area contributed by atoms with Gasteiger partial charge in [0, 0.05) is 50.6 Å². The molecule has 4 amide bonds. The molecular weight excluding hydrogens is 858 g/mol. The number of nitrogens with zero attached hydrogens (tertiary/aromatic N) is 4. The van der Waals surface area contributed by atoms with Crippen molar-refractivity contribution in [1.82, 2.24) is 15.1 Å². The van der Waals surface area contributed by atoms with Gasteiger partial charge in [-0.05, 0) is 114 Å². The van der Waals surface area contributed by atoms with Gasteiger partial charge in [0.25, 0.3) is 5.91 Å². The van der Waals surface area contributed by atoms with Crippen LogP contribution in [0.4, 0.5) is 17.1 Å². The van der Waals surface area contributed by atoms with Crippen molar-refractivity contribution >= 4 is 81.5 Å². The van der Waals surface area contributed by atoms with Crippen LogP contribution in [-0.2, 0) is 24.2 Å². The van der Waals surface area contributed by atoms with Crippen molar-refractivity contribution < 1.29 is 37.1 Å². The maximum Gasteiger partial charge on any atom is 0.257 e. The number of sulfone groups is 1. The van der Waals surface area contributed by atoms with Crippen molar-refractivity contribution in [2.75, 3.05) is 37.3 Å². The van der Waals surface area contributed by atoms with E-state index in [-0.39, 0.29) is 57.7 Å². The number of likely N-dealkylation sites (tertiary alicyclic amines) is 1. The van der Waals surface area contributed by atoms with Gasteiger partial charge in [0.1, 0.15) is 22.5 Å². The van der Waals surface area contributed by atoms with Crippen LogP contribution in [0.5, 0.6) is 5.75 Å². The number of piperidine rings is 1. The number of carbonyl (C=O) groups excluding carboxylic acids is 5. The Morgan fingerprint density at radius 3 is 2.34 bits per heavy atom. The van der Waals surface area contributed by atoms with E-state index in [1.54, 1.807) is 44.2 Å². The third kappa shape index (κ3) is 12.9. The smallest absolute Gasteiger partial charge is 0.257 e. The zero-order valence-corrected chi connectivity index (χ0v) is 39.2. The predicted octanol–water partition coefficient (Wildman–Crippen LogP) is 7.81. The number of halogens is 1. The molecule has 0 spiro atoms. The van der Waals surface area contributed by atoms with E-state index in [1.165, 1.54) is 30.3 Å². The van der Waals surface area contributed by atoms with E-state index in [1.807, 2.05) is 44.7 Å². The molecule has 0 aromatic heterocycles. The summed E-state index contributed by atoms with van der Waals surface area (Å²) in [6.45, 7) is 15.9. The number of hydrogen-bond acceptors (Lipinski definition) is 11. The fourth-order valence-electron chi connectivity index (χ4n) is 7.53. The highest BCUT2D eigenvalue weighted by Gasteiger charge is 2.30. The number of benzene rings is 3. The molecule has 4 rings (SSSR count). The zero-order chi connectivity index (χ0) is 47.1. The number of anilines is 2. The van der Waals surface area contributed by atoms with E-state index >= 15 is 0 Å². The average Bonchev–Trinajstić information content (AvgIpc) is 3.27. The largest absolute Gasteiger partial charge is 0.489 e. The van der Waals surface area contributed by atoms with Crippen LogP contribution >= 0.6 is 11.6 Å². The molecule has 1 unspecified atom stereocenters. The first-order chi connectivity index (χ1) is 30.5. The van der Waals surface area contributed by atoms with Crippen LogP contribution < -0.4 is 20.7 Å². The molecule has 3 aromatic rings. The van der Waals surface area contributed by atoms with Crippen molar-refractivity contribution in [2.45, 2.75) is 108 Å². The molecule has 1 fully saturated rings. The molecule has 3 N–H and O–H groups in total. The Labute approximate surface area is 381 Å². The number of hydrogen-bond donors (Lipinski definition) is 3. The first-order valence-corrected chi connectivity index (χ1v) is 23.3. The monoisotopic (exact) mass is 917 g/mol. The minimum absolute atomic E-state index is 0.00787. The predicted molar refractivity (Wildman–Crippen MR) is 253 cm³/mol. The van der Waals surface area contributed by atoms with Gasteiger partial charge in [-0.2, -0.15) is 0 Å². The summed E-state index contributed by atoms with van der Waals surface area (Å²) in [5.41, 5.74) is 3.46. The van der Waals surface area contributed by atoms with Crippen molar-refractivity contribution in [3.8, 4) is 5.75 Å². The summed E-state index contributed by atoms with van der Waals surface area (Å²) in [5.74, 6) is -0.353. The summed E-state index contributed by atoms with van der Waals surface area (Å²) >= 11 is 6.67. The number of para-hydroxylation sites is 1. The first kappa shape index (κ1) is 50.8. The number of amidine groups is 1. The molecule has 1 heterocycles. The van der Waals surface area contributed by atoms with Crippen LogP contribution in [0.15, 0.2) is 80.7 Å². The quantitative estimate of drug-likeness (QED) is 0.0410. The normalized spacial score (nSPS) is 14.2. The van der Waals surface area contributed by atoms with E-state index in [9.17, 15) is 32.4 Å². The van der Waals surface area contributed by atoms with Gasteiger partial charge in [0.2, 0.25) is 18.2 Å². The molecule has 17 heteroatoms. The Hall–Kier alpha value is -5.87. The lowest BCUT2D eigenvalue weighted by molar-refractivity contribution is -0.132. The molecule has 3 aromatic carbocycles. The number of aldehydes is 1. The van der Waals surface area contributed by atoms with E-state index < -0.39 is 32.9 Å². The van der Waals surface area contributed by atoms with Crippen molar-refractivity contribution in [3.05, 3.63) is 88.1 Å². The number of likely N-dealkylation sites (N-methyl/N-ethyl adjacent to an activating group) is 1. The number of ether oxygens (including phenoxy) is 1. The molecule has 344 valence electrons. The van der Waals surface area contributed by atoms with E-state index in [4.69, 9.17) is 21.3 Å². The average molecular weight is 919 g/mol. The van der Waals surface area contributed by atoms with Gasteiger partial charge in [0.15, 0.2) is 22.0 Å². The number of aryl methyl sites for hydroxylation is 1. The topological polar surface area (TPSA) is 196 Å². The summed E-state index contributed by atoms with van der Waals surface area (Å²) < 4.78 is 32.8. The molecule has 15 nitrogen and oxygen atoms in total. The molecule has 64 heavy (non-hydrogen) atoms. The zero-order valence-electron chi connectivity index (χ0n) is 37.6. The number of amides is 4. The summed E-state index contributed by atoms with van der Waals surface area (Å²) in [7, 11) is -2.20. The molecule has 1 aliphatic heterocycles. The Balaban J connectivity index is 1.47. The molecule has 0 radical (unpaired) electrons.